The molecule has 0 saturated carbocycles. The maximum Gasteiger partial charge on any atom is 0.223 e. The quantitative estimate of drug-likeness (QED) is 0.835. The van der Waals surface area contributed by atoms with Gasteiger partial charge >= 0.3 is 0 Å². The van der Waals surface area contributed by atoms with Crippen molar-refractivity contribution in [3.8, 4) is 0 Å². The second-order valence-corrected chi connectivity index (χ2v) is 7.09. The van der Waals surface area contributed by atoms with E-state index in [4.69, 9.17) is 0 Å². The smallest absolute Gasteiger partial charge is 0.223 e. The SMILES string of the molecule is CC(CCC(C)(C)C)NC(=O)[C@H]1CCN[C@@H](C)C1.Cl. The number of rotatable bonds is 4. The third-order valence-electron chi connectivity index (χ3n) is 3.71. The Bertz CT molecular complexity index is 276. The number of halogens is 1. The van der Waals surface area contributed by atoms with Crippen molar-refractivity contribution in [1.29, 1.82) is 0 Å². The molecule has 1 fully saturated rings. The van der Waals surface area contributed by atoms with Crippen LogP contribution >= 0.6 is 12.4 Å². The highest BCUT2D eigenvalue weighted by atomic mass is 35.5. The van der Waals surface area contributed by atoms with Crippen LogP contribution in [0.2, 0.25) is 0 Å². The van der Waals surface area contributed by atoms with Crippen molar-refractivity contribution in [2.24, 2.45) is 11.3 Å². The zero-order valence-electron chi connectivity index (χ0n) is 13.1. The monoisotopic (exact) mass is 290 g/mol. The van der Waals surface area contributed by atoms with Gasteiger partial charge in [-0.25, -0.2) is 0 Å². The van der Waals surface area contributed by atoms with Gasteiger partial charge < -0.3 is 10.6 Å². The Hall–Kier alpha value is -0.280. The van der Waals surface area contributed by atoms with E-state index in [0.29, 0.717) is 17.5 Å². The Balaban J connectivity index is 0.00000324. The summed E-state index contributed by atoms with van der Waals surface area (Å²) in [6.45, 7) is 12.0. The fourth-order valence-corrected chi connectivity index (χ4v) is 2.45. The summed E-state index contributed by atoms with van der Waals surface area (Å²) in [6, 6.07) is 0.765. The highest BCUT2D eigenvalue weighted by Crippen LogP contribution is 2.22. The lowest BCUT2D eigenvalue weighted by Gasteiger charge is -2.29. The minimum absolute atomic E-state index is 0. The summed E-state index contributed by atoms with van der Waals surface area (Å²) in [5.41, 5.74) is 0.349. The molecule has 0 aliphatic carbocycles. The number of nitrogens with one attached hydrogen (secondary N) is 2. The minimum Gasteiger partial charge on any atom is -0.353 e. The number of piperidine rings is 1. The van der Waals surface area contributed by atoms with Gasteiger partial charge in [0, 0.05) is 18.0 Å². The van der Waals surface area contributed by atoms with Crippen LogP contribution in [0.1, 0.15) is 60.3 Å². The summed E-state index contributed by atoms with van der Waals surface area (Å²) in [5, 5.41) is 6.56. The molecule has 1 saturated heterocycles. The van der Waals surface area contributed by atoms with E-state index in [-0.39, 0.29) is 24.2 Å². The van der Waals surface area contributed by atoms with Crippen molar-refractivity contribution in [3.63, 3.8) is 0 Å². The van der Waals surface area contributed by atoms with Gasteiger partial charge in [0.25, 0.3) is 0 Å². The molecule has 0 aromatic carbocycles. The van der Waals surface area contributed by atoms with E-state index in [2.05, 4.69) is 45.3 Å². The first kappa shape index (κ1) is 18.7. The highest BCUT2D eigenvalue weighted by Gasteiger charge is 2.25. The third-order valence-corrected chi connectivity index (χ3v) is 3.71. The zero-order chi connectivity index (χ0) is 13.8. The standard InChI is InChI=1S/C15H30N2O.ClH/c1-11(6-8-15(3,4)5)17-14(18)13-7-9-16-12(2)10-13;/h11-13,16H,6-10H2,1-5H3,(H,17,18);1H/t11?,12-,13-;/m0./s1. The van der Waals surface area contributed by atoms with Gasteiger partial charge in [-0.3, -0.25) is 4.79 Å². The molecule has 0 radical (unpaired) electrons. The Morgan fingerprint density at radius 1 is 1.42 bits per heavy atom. The molecule has 0 bridgehead atoms. The van der Waals surface area contributed by atoms with Gasteiger partial charge in [0.15, 0.2) is 0 Å². The van der Waals surface area contributed by atoms with Gasteiger partial charge in [0.1, 0.15) is 0 Å². The first-order chi connectivity index (χ1) is 8.28. The van der Waals surface area contributed by atoms with E-state index in [1.54, 1.807) is 0 Å². The van der Waals surface area contributed by atoms with Crippen LogP contribution in [0.15, 0.2) is 0 Å². The lowest BCUT2D eigenvalue weighted by atomic mass is 9.88. The van der Waals surface area contributed by atoms with Crippen LogP contribution in [-0.2, 0) is 4.79 Å². The highest BCUT2D eigenvalue weighted by molar-refractivity contribution is 5.85. The molecule has 3 atom stereocenters. The maximum atomic E-state index is 12.1. The summed E-state index contributed by atoms with van der Waals surface area (Å²) in [4.78, 5) is 12.1. The average Bonchev–Trinajstić information content (AvgIpc) is 2.25. The van der Waals surface area contributed by atoms with Crippen LogP contribution in [0, 0.1) is 11.3 Å². The van der Waals surface area contributed by atoms with Crippen LogP contribution in [0.25, 0.3) is 0 Å². The second-order valence-electron chi connectivity index (χ2n) is 7.09. The lowest BCUT2D eigenvalue weighted by Crippen LogP contribution is -2.44. The number of carbonyl (C=O) groups excluding carboxylic acids is 1. The van der Waals surface area contributed by atoms with Crippen molar-refractivity contribution in [2.75, 3.05) is 6.54 Å². The largest absolute Gasteiger partial charge is 0.353 e. The van der Waals surface area contributed by atoms with Crippen LogP contribution < -0.4 is 10.6 Å². The molecule has 19 heavy (non-hydrogen) atoms. The van der Waals surface area contributed by atoms with Crippen molar-refractivity contribution in [1.82, 2.24) is 10.6 Å². The summed E-state index contributed by atoms with van der Waals surface area (Å²) >= 11 is 0. The lowest BCUT2D eigenvalue weighted by molar-refractivity contribution is -0.126. The Labute approximate surface area is 124 Å². The van der Waals surface area contributed by atoms with Gasteiger partial charge in [-0.1, -0.05) is 20.8 Å². The summed E-state index contributed by atoms with van der Waals surface area (Å²) in [5.74, 6) is 0.461. The fourth-order valence-electron chi connectivity index (χ4n) is 2.45. The van der Waals surface area contributed by atoms with Crippen LogP contribution in [0.5, 0.6) is 0 Å². The van der Waals surface area contributed by atoms with Crippen molar-refractivity contribution < 1.29 is 4.79 Å². The molecule has 4 heteroatoms. The topological polar surface area (TPSA) is 41.1 Å². The van der Waals surface area contributed by atoms with Crippen molar-refractivity contribution in [3.05, 3.63) is 0 Å². The molecule has 1 unspecified atom stereocenters. The maximum absolute atomic E-state index is 12.1. The third kappa shape index (κ3) is 7.78. The molecule has 0 aromatic heterocycles. The van der Waals surface area contributed by atoms with E-state index in [1.807, 2.05) is 0 Å². The molecule has 0 spiro atoms. The first-order valence-corrected chi connectivity index (χ1v) is 7.31. The fraction of sp³-hybridized carbons (Fsp3) is 0.933. The molecule has 0 aromatic rings. The van der Waals surface area contributed by atoms with Gasteiger partial charge in [0.05, 0.1) is 0 Å². The predicted molar refractivity (Wildman–Crippen MR) is 83.7 cm³/mol. The van der Waals surface area contributed by atoms with Crippen LogP contribution in [0.4, 0.5) is 0 Å². The molecule has 2 N–H and O–H groups in total. The van der Waals surface area contributed by atoms with E-state index in [1.165, 1.54) is 0 Å². The average molecular weight is 291 g/mol. The molecular formula is C15H31ClN2O. The van der Waals surface area contributed by atoms with Gasteiger partial charge in [-0.2, -0.15) is 0 Å². The Morgan fingerprint density at radius 3 is 2.58 bits per heavy atom. The van der Waals surface area contributed by atoms with Gasteiger partial charge in [0.2, 0.25) is 5.91 Å². The summed E-state index contributed by atoms with van der Waals surface area (Å²) in [7, 11) is 0. The number of carbonyl (C=O) groups is 1. The normalized spacial score (nSPS) is 25.3. The molecule has 3 nitrogen and oxygen atoms in total. The molecule has 114 valence electrons. The van der Waals surface area contributed by atoms with Gasteiger partial charge in [-0.05, 0) is 51.5 Å². The zero-order valence-corrected chi connectivity index (χ0v) is 13.9. The van der Waals surface area contributed by atoms with E-state index >= 15 is 0 Å². The molecule has 1 heterocycles. The second kappa shape index (κ2) is 8.11. The van der Waals surface area contributed by atoms with E-state index in [9.17, 15) is 4.79 Å². The minimum atomic E-state index is 0. The van der Waals surface area contributed by atoms with E-state index < -0.39 is 0 Å². The Morgan fingerprint density at radius 2 is 2.05 bits per heavy atom. The number of amides is 1. The summed E-state index contributed by atoms with van der Waals surface area (Å²) in [6.07, 6.45) is 4.16. The first-order valence-electron chi connectivity index (χ1n) is 7.31. The van der Waals surface area contributed by atoms with E-state index in [0.717, 1.165) is 32.2 Å². The summed E-state index contributed by atoms with van der Waals surface area (Å²) < 4.78 is 0. The predicted octanol–water partition coefficient (Wildman–Crippen LogP) is 3.13. The molecule has 1 aliphatic heterocycles. The number of hydrogen-bond acceptors (Lipinski definition) is 2. The number of hydrogen-bond donors (Lipinski definition) is 2. The molecular weight excluding hydrogens is 260 g/mol. The van der Waals surface area contributed by atoms with Crippen LogP contribution in [0.3, 0.4) is 0 Å². The van der Waals surface area contributed by atoms with Crippen molar-refractivity contribution >= 4 is 18.3 Å². The van der Waals surface area contributed by atoms with Crippen molar-refractivity contribution in [2.45, 2.75) is 72.4 Å². The molecule has 1 amide bonds. The van der Waals surface area contributed by atoms with Gasteiger partial charge in [-0.15, -0.1) is 12.4 Å². The molecule has 1 rings (SSSR count). The molecule has 1 aliphatic rings. The van der Waals surface area contributed by atoms with Crippen LogP contribution in [-0.4, -0.2) is 24.5 Å². The Kier molecular flexibility index (Phi) is 7.99.